The van der Waals surface area contributed by atoms with E-state index in [1.807, 2.05) is 0 Å². The molecule has 4 bridgehead atoms. The van der Waals surface area contributed by atoms with Crippen LogP contribution in [0.5, 0.6) is 0 Å². The third kappa shape index (κ3) is 0.966. The molecule has 2 aliphatic carbocycles. The van der Waals surface area contributed by atoms with Gasteiger partial charge in [0.2, 0.25) is 0 Å². The number of carboxylic acid groups (broad SMARTS) is 1. The molecule has 0 aromatic rings. The van der Waals surface area contributed by atoms with E-state index in [0.717, 1.165) is 18.3 Å². The van der Waals surface area contributed by atoms with Crippen molar-refractivity contribution in [3.8, 4) is 0 Å². The first-order valence-corrected chi connectivity index (χ1v) is 5.24. The predicted molar refractivity (Wildman–Crippen MR) is 47.3 cm³/mol. The normalized spacial score (nSPS) is 52.5. The highest BCUT2D eigenvalue weighted by molar-refractivity contribution is 5.73. The fourth-order valence-electron chi connectivity index (χ4n) is 3.78. The zero-order valence-electron chi connectivity index (χ0n) is 7.57. The van der Waals surface area contributed by atoms with E-state index < -0.39 is 5.97 Å². The van der Waals surface area contributed by atoms with Crippen LogP contribution < -0.4 is 5.32 Å². The third-order valence-corrected chi connectivity index (χ3v) is 4.28. The monoisotopic (exact) mass is 181 g/mol. The second kappa shape index (κ2) is 2.47. The molecule has 0 amide bonds. The lowest BCUT2D eigenvalue weighted by atomic mass is 9.82. The molecule has 3 aliphatic rings. The standard InChI is InChI=1S/C10H15NO2/c12-10(13)8-4-6-3-5-1-2-7(6)9(5)11-8/h5-9,11H,1-4H2,(H,12,13). The lowest BCUT2D eigenvalue weighted by Gasteiger charge is -2.32. The maximum Gasteiger partial charge on any atom is 0.320 e. The summed E-state index contributed by atoms with van der Waals surface area (Å²) in [4.78, 5) is 10.8. The SMILES string of the molecule is O=C(O)C1CC2CC3CCC2C3N1. The van der Waals surface area contributed by atoms with Gasteiger partial charge in [0.15, 0.2) is 0 Å². The van der Waals surface area contributed by atoms with Crippen molar-refractivity contribution < 1.29 is 9.90 Å². The molecule has 0 radical (unpaired) electrons. The smallest absolute Gasteiger partial charge is 0.320 e. The Hall–Kier alpha value is -0.570. The summed E-state index contributed by atoms with van der Waals surface area (Å²) in [5.41, 5.74) is 0. The fraction of sp³-hybridized carbons (Fsp3) is 0.900. The summed E-state index contributed by atoms with van der Waals surface area (Å²) in [6.07, 6.45) is 4.81. The molecule has 0 spiro atoms. The van der Waals surface area contributed by atoms with E-state index in [1.165, 1.54) is 19.3 Å². The van der Waals surface area contributed by atoms with Gasteiger partial charge in [0.1, 0.15) is 6.04 Å². The van der Waals surface area contributed by atoms with Crippen molar-refractivity contribution >= 4 is 5.97 Å². The van der Waals surface area contributed by atoms with Crippen molar-refractivity contribution in [1.82, 2.24) is 5.32 Å². The van der Waals surface area contributed by atoms with Crippen LogP contribution in [0.3, 0.4) is 0 Å². The average Bonchev–Trinajstić information content (AvgIpc) is 2.58. The molecule has 0 aromatic heterocycles. The molecule has 2 N–H and O–H groups in total. The first-order chi connectivity index (χ1) is 6.25. The minimum atomic E-state index is -0.656. The Bertz CT molecular complexity index is 253. The zero-order valence-corrected chi connectivity index (χ0v) is 7.57. The fourth-order valence-corrected chi connectivity index (χ4v) is 3.78. The van der Waals surface area contributed by atoms with Crippen LogP contribution in [0.25, 0.3) is 0 Å². The van der Waals surface area contributed by atoms with Gasteiger partial charge in [0.25, 0.3) is 0 Å². The van der Waals surface area contributed by atoms with Crippen LogP contribution in [0.1, 0.15) is 25.7 Å². The van der Waals surface area contributed by atoms with Crippen LogP contribution >= 0.6 is 0 Å². The van der Waals surface area contributed by atoms with Crippen LogP contribution in [-0.4, -0.2) is 23.2 Å². The number of nitrogens with one attached hydrogen (secondary N) is 1. The first-order valence-electron chi connectivity index (χ1n) is 5.24. The van der Waals surface area contributed by atoms with E-state index in [2.05, 4.69) is 5.32 Å². The number of hydrogen-bond donors (Lipinski definition) is 2. The number of aliphatic carboxylic acids is 1. The number of rotatable bonds is 1. The minimum absolute atomic E-state index is 0.255. The Morgan fingerprint density at radius 3 is 2.77 bits per heavy atom. The Labute approximate surface area is 77.5 Å². The Balaban J connectivity index is 1.82. The Kier molecular flexibility index (Phi) is 1.48. The van der Waals surface area contributed by atoms with Crippen molar-refractivity contribution in [3.63, 3.8) is 0 Å². The topological polar surface area (TPSA) is 49.3 Å². The van der Waals surface area contributed by atoms with Gasteiger partial charge in [-0.3, -0.25) is 4.79 Å². The maximum absolute atomic E-state index is 10.8. The lowest BCUT2D eigenvalue weighted by molar-refractivity contribution is -0.141. The summed E-state index contributed by atoms with van der Waals surface area (Å²) >= 11 is 0. The highest BCUT2D eigenvalue weighted by atomic mass is 16.4. The molecule has 0 aromatic carbocycles. The largest absolute Gasteiger partial charge is 0.480 e. The van der Waals surface area contributed by atoms with Crippen LogP contribution in [0.15, 0.2) is 0 Å². The third-order valence-electron chi connectivity index (χ3n) is 4.28. The van der Waals surface area contributed by atoms with Gasteiger partial charge in [0, 0.05) is 6.04 Å². The quantitative estimate of drug-likeness (QED) is 0.630. The molecule has 2 saturated carbocycles. The van der Waals surface area contributed by atoms with Crippen LogP contribution in [0.4, 0.5) is 0 Å². The predicted octanol–water partition coefficient (Wildman–Crippen LogP) is 0.848. The Morgan fingerprint density at radius 2 is 2.08 bits per heavy atom. The molecule has 72 valence electrons. The summed E-state index contributed by atoms with van der Waals surface area (Å²) in [5.74, 6) is 1.65. The molecule has 3 nitrogen and oxygen atoms in total. The van der Waals surface area contributed by atoms with E-state index in [1.54, 1.807) is 0 Å². The molecule has 5 unspecified atom stereocenters. The molecule has 13 heavy (non-hydrogen) atoms. The van der Waals surface area contributed by atoms with Gasteiger partial charge in [-0.05, 0) is 43.4 Å². The van der Waals surface area contributed by atoms with E-state index in [9.17, 15) is 4.79 Å². The molecule has 1 aliphatic heterocycles. The second-order valence-corrected chi connectivity index (χ2v) is 4.82. The van der Waals surface area contributed by atoms with Gasteiger partial charge in [-0.2, -0.15) is 0 Å². The highest BCUT2D eigenvalue weighted by Gasteiger charge is 2.52. The van der Waals surface area contributed by atoms with Gasteiger partial charge in [-0.1, -0.05) is 0 Å². The number of hydrogen-bond acceptors (Lipinski definition) is 2. The van der Waals surface area contributed by atoms with Crippen molar-refractivity contribution in [3.05, 3.63) is 0 Å². The number of piperidine rings is 1. The van der Waals surface area contributed by atoms with Gasteiger partial charge >= 0.3 is 5.97 Å². The molecule has 3 rings (SSSR count). The molecular formula is C10H15NO2. The summed E-state index contributed by atoms with van der Waals surface area (Å²) < 4.78 is 0. The lowest BCUT2D eigenvalue weighted by Crippen LogP contribution is -2.50. The molecular weight excluding hydrogens is 166 g/mol. The summed E-state index contributed by atoms with van der Waals surface area (Å²) in [6.45, 7) is 0. The zero-order chi connectivity index (χ0) is 9.00. The van der Waals surface area contributed by atoms with Gasteiger partial charge in [-0.15, -0.1) is 0 Å². The molecule has 1 saturated heterocycles. The van der Waals surface area contributed by atoms with E-state index in [4.69, 9.17) is 5.11 Å². The molecule has 3 heteroatoms. The molecule has 5 atom stereocenters. The number of carboxylic acids is 1. The van der Waals surface area contributed by atoms with Gasteiger partial charge in [-0.25, -0.2) is 0 Å². The molecule has 1 heterocycles. The van der Waals surface area contributed by atoms with E-state index >= 15 is 0 Å². The Morgan fingerprint density at radius 1 is 1.23 bits per heavy atom. The summed E-state index contributed by atoms with van der Waals surface area (Å²) in [7, 11) is 0. The van der Waals surface area contributed by atoms with E-state index in [0.29, 0.717) is 12.0 Å². The van der Waals surface area contributed by atoms with Crippen molar-refractivity contribution in [1.29, 1.82) is 0 Å². The summed E-state index contributed by atoms with van der Waals surface area (Å²) in [5, 5.41) is 12.2. The van der Waals surface area contributed by atoms with Crippen LogP contribution in [0, 0.1) is 17.8 Å². The number of carbonyl (C=O) groups is 1. The van der Waals surface area contributed by atoms with E-state index in [-0.39, 0.29) is 6.04 Å². The van der Waals surface area contributed by atoms with Gasteiger partial charge < -0.3 is 10.4 Å². The second-order valence-electron chi connectivity index (χ2n) is 4.82. The highest BCUT2D eigenvalue weighted by Crippen LogP contribution is 2.52. The van der Waals surface area contributed by atoms with Crippen molar-refractivity contribution in [2.75, 3.05) is 0 Å². The van der Waals surface area contributed by atoms with Crippen LogP contribution in [-0.2, 0) is 4.79 Å². The molecule has 3 fully saturated rings. The van der Waals surface area contributed by atoms with Gasteiger partial charge in [0.05, 0.1) is 0 Å². The van der Waals surface area contributed by atoms with Crippen molar-refractivity contribution in [2.45, 2.75) is 37.8 Å². The van der Waals surface area contributed by atoms with Crippen LogP contribution in [0.2, 0.25) is 0 Å². The minimum Gasteiger partial charge on any atom is -0.480 e. The summed E-state index contributed by atoms with van der Waals surface area (Å²) in [6, 6.07) is 0.286. The maximum atomic E-state index is 10.8. The van der Waals surface area contributed by atoms with Crippen molar-refractivity contribution in [2.24, 2.45) is 17.8 Å². The average molecular weight is 181 g/mol. The first kappa shape index (κ1) is 7.80.